The van der Waals surface area contributed by atoms with E-state index in [1.807, 2.05) is 5.32 Å². The van der Waals surface area contributed by atoms with Gasteiger partial charge in [0.15, 0.2) is 0 Å². The summed E-state index contributed by atoms with van der Waals surface area (Å²) in [5.41, 5.74) is 1.26. The normalized spacial score (nSPS) is 11.1. The first-order valence-corrected chi connectivity index (χ1v) is 5.26. The Morgan fingerprint density at radius 3 is 2.61 bits per heavy atom. The van der Waals surface area contributed by atoms with Crippen molar-refractivity contribution in [3.05, 3.63) is 5.51 Å². The third-order valence-electron chi connectivity index (χ3n) is 1.56. The standard InChI is InChI=1S/C7H7F3N4O3S/c8-7(9,10)2-14(1-4(15)16)6(17)12-5-13-11-3-18-5/h3H,1-2H2,(H,15,16)(H,12,13,17). The number of aromatic nitrogens is 2. The summed E-state index contributed by atoms with van der Waals surface area (Å²) >= 11 is 0.896. The molecule has 0 unspecified atom stereocenters. The van der Waals surface area contributed by atoms with Crippen molar-refractivity contribution >= 4 is 28.5 Å². The van der Waals surface area contributed by atoms with Crippen LogP contribution in [0, 0.1) is 0 Å². The molecule has 0 aliphatic rings. The maximum absolute atomic E-state index is 12.2. The van der Waals surface area contributed by atoms with E-state index in [0.717, 1.165) is 11.3 Å². The number of hydrogen-bond acceptors (Lipinski definition) is 5. The van der Waals surface area contributed by atoms with Crippen molar-refractivity contribution in [3.63, 3.8) is 0 Å². The van der Waals surface area contributed by atoms with E-state index >= 15 is 0 Å². The number of carbonyl (C=O) groups is 2. The second-order valence-corrected chi connectivity index (χ2v) is 3.87. The molecule has 100 valence electrons. The first kappa shape index (κ1) is 14.2. The van der Waals surface area contributed by atoms with Gasteiger partial charge < -0.3 is 10.0 Å². The number of rotatable bonds is 4. The van der Waals surface area contributed by atoms with Crippen molar-refractivity contribution < 1.29 is 27.9 Å². The minimum absolute atomic E-state index is 0.0161. The summed E-state index contributed by atoms with van der Waals surface area (Å²) in [7, 11) is 0. The summed E-state index contributed by atoms with van der Waals surface area (Å²) in [6.45, 7) is -2.73. The molecule has 2 N–H and O–H groups in total. The molecule has 0 aliphatic carbocycles. The number of halogens is 3. The van der Waals surface area contributed by atoms with Gasteiger partial charge in [0.25, 0.3) is 0 Å². The van der Waals surface area contributed by atoms with Crippen LogP contribution in [0.1, 0.15) is 0 Å². The third kappa shape index (κ3) is 4.95. The van der Waals surface area contributed by atoms with E-state index in [0.29, 0.717) is 0 Å². The van der Waals surface area contributed by atoms with Gasteiger partial charge in [-0.25, -0.2) is 4.79 Å². The van der Waals surface area contributed by atoms with Crippen molar-refractivity contribution in [1.29, 1.82) is 0 Å². The topological polar surface area (TPSA) is 95.4 Å². The van der Waals surface area contributed by atoms with Gasteiger partial charge in [0.1, 0.15) is 18.6 Å². The lowest BCUT2D eigenvalue weighted by Gasteiger charge is -2.21. The van der Waals surface area contributed by atoms with E-state index in [4.69, 9.17) is 5.11 Å². The molecular formula is C7H7F3N4O3S. The molecule has 0 bridgehead atoms. The lowest BCUT2D eigenvalue weighted by Crippen LogP contribution is -2.44. The Balaban J connectivity index is 2.69. The number of carboxylic acids is 1. The molecule has 0 aliphatic heterocycles. The summed E-state index contributed by atoms with van der Waals surface area (Å²) in [6, 6.07) is -1.20. The molecule has 1 rings (SSSR count). The molecule has 0 radical (unpaired) electrons. The number of nitrogens with zero attached hydrogens (tertiary/aromatic N) is 3. The van der Waals surface area contributed by atoms with Crippen molar-refractivity contribution in [2.24, 2.45) is 0 Å². The molecule has 11 heteroatoms. The minimum Gasteiger partial charge on any atom is -0.480 e. The van der Waals surface area contributed by atoms with Crippen LogP contribution in [-0.4, -0.2) is 51.5 Å². The fourth-order valence-corrected chi connectivity index (χ4v) is 1.41. The van der Waals surface area contributed by atoms with Crippen LogP contribution in [0.4, 0.5) is 23.1 Å². The third-order valence-corrected chi connectivity index (χ3v) is 2.16. The van der Waals surface area contributed by atoms with Gasteiger partial charge in [-0.1, -0.05) is 11.3 Å². The molecule has 0 atom stereocenters. The van der Waals surface area contributed by atoms with Gasteiger partial charge in [0.2, 0.25) is 5.13 Å². The largest absolute Gasteiger partial charge is 0.480 e. The predicted molar refractivity (Wildman–Crippen MR) is 54.2 cm³/mol. The molecule has 0 aromatic carbocycles. The van der Waals surface area contributed by atoms with E-state index in [2.05, 4.69) is 10.2 Å². The lowest BCUT2D eigenvalue weighted by atomic mass is 10.5. The summed E-state index contributed by atoms with van der Waals surface area (Å²) in [4.78, 5) is 21.9. The Bertz CT molecular complexity index is 422. The second kappa shape index (κ2) is 5.62. The Hall–Kier alpha value is -1.91. The molecule has 1 aromatic heterocycles. The van der Waals surface area contributed by atoms with Crippen molar-refractivity contribution in [1.82, 2.24) is 15.1 Å². The number of anilines is 1. The average molecular weight is 284 g/mol. The molecular weight excluding hydrogens is 277 g/mol. The highest BCUT2D eigenvalue weighted by atomic mass is 32.1. The zero-order chi connectivity index (χ0) is 13.8. The van der Waals surface area contributed by atoms with Crippen LogP contribution in [0.2, 0.25) is 0 Å². The molecule has 2 amide bonds. The molecule has 7 nitrogen and oxygen atoms in total. The van der Waals surface area contributed by atoms with Gasteiger partial charge in [-0.2, -0.15) is 13.2 Å². The Kier molecular flexibility index (Phi) is 4.42. The van der Waals surface area contributed by atoms with Crippen LogP contribution >= 0.6 is 11.3 Å². The van der Waals surface area contributed by atoms with Gasteiger partial charge >= 0.3 is 18.2 Å². The number of amides is 2. The monoisotopic (exact) mass is 284 g/mol. The Morgan fingerprint density at radius 2 is 2.17 bits per heavy atom. The summed E-state index contributed by atoms with van der Waals surface area (Å²) in [6.07, 6.45) is -4.69. The van der Waals surface area contributed by atoms with Crippen LogP contribution in [-0.2, 0) is 4.79 Å². The number of nitrogens with one attached hydrogen (secondary N) is 1. The number of hydrogen-bond donors (Lipinski definition) is 2. The van der Waals surface area contributed by atoms with E-state index in [1.54, 1.807) is 0 Å². The van der Waals surface area contributed by atoms with Crippen molar-refractivity contribution in [3.8, 4) is 0 Å². The smallest absolute Gasteiger partial charge is 0.406 e. The van der Waals surface area contributed by atoms with Gasteiger partial charge in [0.05, 0.1) is 0 Å². The highest BCUT2D eigenvalue weighted by Gasteiger charge is 2.34. The highest BCUT2D eigenvalue weighted by molar-refractivity contribution is 7.13. The maximum atomic E-state index is 12.2. The first-order chi connectivity index (χ1) is 8.28. The number of aliphatic carboxylic acids is 1. The fraction of sp³-hybridized carbons (Fsp3) is 0.429. The van der Waals surface area contributed by atoms with Gasteiger partial charge in [-0.3, -0.25) is 10.1 Å². The number of urea groups is 1. The van der Waals surface area contributed by atoms with Crippen LogP contribution < -0.4 is 5.32 Å². The van der Waals surface area contributed by atoms with E-state index in [1.165, 1.54) is 5.51 Å². The van der Waals surface area contributed by atoms with Crippen molar-refractivity contribution in [2.45, 2.75) is 6.18 Å². The van der Waals surface area contributed by atoms with Crippen LogP contribution in [0.25, 0.3) is 0 Å². The molecule has 0 spiro atoms. The Morgan fingerprint density at radius 1 is 1.50 bits per heavy atom. The first-order valence-electron chi connectivity index (χ1n) is 4.38. The lowest BCUT2D eigenvalue weighted by molar-refractivity contribution is -0.148. The molecule has 1 aromatic rings. The number of carbonyl (C=O) groups excluding carboxylic acids is 1. The molecule has 0 saturated carbocycles. The quantitative estimate of drug-likeness (QED) is 0.860. The van der Waals surface area contributed by atoms with Gasteiger partial charge in [-0.15, -0.1) is 10.2 Å². The fourth-order valence-electron chi connectivity index (χ4n) is 0.977. The van der Waals surface area contributed by atoms with Crippen LogP contribution in [0.15, 0.2) is 5.51 Å². The maximum Gasteiger partial charge on any atom is 0.406 e. The van der Waals surface area contributed by atoms with Crippen LogP contribution in [0.3, 0.4) is 0 Å². The average Bonchev–Trinajstić information content (AvgIpc) is 2.66. The number of carboxylic acid groups (broad SMARTS) is 1. The highest BCUT2D eigenvalue weighted by Crippen LogP contribution is 2.17. The SMILES string of the molecule is O=C(O)CN(CC(F)(F)F)C(=O)Nc1nncs1. The van der Waals surface area contributed by atoms with Gasteiger partial charge in [-0.05, 0) is 0 Å². The zero-order valence-corrected chi connectivity index (χ0v) is 9.46. The predicted octanol–water partition coefficient (Wildman–Crippen LogP) is 1.02. The molecule has 18 heavy (non-hydrogen) atoms. The Labute approximate surface area is 102 Å². The summed E-state index contributed by atoms with van der Waals surface area (Å²) in [5.74, 6) is -1.55. The minimum atomic E-state index is -4.69. The van der Waals surface area contributed by atoms with Crippen molar-refractivity contribution in [2.75, 3.05) is 18.4 Å². The zero-order valence-electron chi connectivity index (χ0n) is 8.64. The summed E-state index contributed by atoms with van der Waals surface area (Å²) in [5, 5.41) is 17.2. The van der Waals surface area contributed by atoms with Crippen LogP contribution in [0.5, 0.6) is 0 Å². The second-order valence-electron chi connectivity index (χ2n) is 3.04. The van der Waals surface area contributed by atoms with Gasteiger partial charge in [0, 0.05) is 0 Å². The molecule has 1 heterocycles. The number of alkyl halides is 3. The summed E-state index contributed by atoms with van der Waals surface area (Å²) < 4.78 is 36.5. The van der Waals surface area contributed by atoms with E-state index in [-0.39, 0.29) is 10.0 Å². The van der Waals surface area contributed by atoms with E-state index < -0.39 is 31.3 Å². The van der Waals surface area contributed by atoms with E-state index in [9.17, 15) is 22.8 Å². The molecule has 0 fully saturated rings. The molecule has 0 saturated heterocycles.